The number of anilines is 3. The van der Waals surface area contributed by atoms with Gasteiger partial charge in [-0.05, 0) is 55.7 Å². The molecule has 2 aromatic carbocycles. The second kappa shape index (κ2) is 6.64. The number of aromatic nitrogens is 1. The van der Waals surface area contributed by atoms with Crippen molar-refractivity contribution in [1.29, 1.82) is 0 Å². The van der Waals surface area contributed by atoms with Gasteiger partial charge in [0.15, 0.2) is 0 Å². The Labute approximate surface area is 153 Å². The fraction of sp³-hybridized carbons (Fsp3) is 0.182. The molecular formula is C22H21N3O. The lowest BCUT2D eigenvalue weighted by atomic mass is 10.1. The number of aryl methyl sites for hydroxylation is 2. The summed E-state index contributed by atoms with van der Waals surface area (Å²) in [5.74, 6) is 0.620. The van der Waals surface area contributed by atoms with Crippen molar-refractivity contribution in [2.75, 3.05) is 16.8 Å². The number of benzene rings is 2. The Hall–Kier alpha value is -3.14. The topological polar surface area (TPSA) is 45.2 Å². The molecule has 0 saturated carbocycles. The van der Waals surface area contributed by atoms with Crippen molar-refractivity contribution in [2.24, 2.45) is 0 Å². The van der Waals surface area contributed by atoms with Crippen LogP contribution in [0.15, 0.2) is 60.7 Å². The molecule has 3 aromatic rings. The number of hydrogen-bond donors (Lipinski definition) is 1. The first-order valence-electron chi connectivity index (χ1n) is 8.83. The van der Waals surface area contributed by atoms with Gasteiger partial charge in [-0.25, -0.2) is 4.98 Å². The molecule has 26 heavy (non-hydrogen) atoms. The SMILES string of the molecule is Cc1ccc(NC(=O)c2cccc(N3CCc4ccccc43)n2)c(C)c1. The van der Waals surface area contributed by atoms with Crippen LogP contribution in [0, 0.1) is 13.8 Å². The molecule has 4 nitrogen and oxygen atoms in total. The minimum atomic E-state index is -0.189. The highest BCUT2D eigenvalue weighted by molar-refractivity contribution is 6.03. The summed E-state index contributed by atoms with van der Waals surface area (Å²) in [4.78, 5) is 19.5. The van der Waals surface area contributed by atoms with Crippen molar-refractivity contribution in [1.82, 2.24) is 4.98 Å². The third-order valence-corrected chi connectivity index (χ3v) is 4.76. The summed E-state index contributed by atoms with van der Waals surface area (Å²) in [5.41, 5.74) is 5.95. The molecule has 4 heteroatoms. The molecule has 1 aliphatic rings. The summed E-state index contributed by atoms with van der Waals surface area (Å²) in [6.45, 7) is 4.92. The predicted octanol–water partition coefficient (Wildman–Crippen LogP) is 4.64. The van der Waals surface area contributed by atoms with Crippen molar-refractivity contribution in [3.63, 3.8) is 0 Å². The molecule has 0 saturated heterocycles. The van der Waals surface area contributed by atoms with Crippen LogP contribution in [0.3, 0.4) is 0 Å². The zero-order valence-electron chi connectivity index (χ0n) is 15.0. The maximum Gasteiger partial charge on any atom is 0.274 e. The average Bonchev–Trinajstić information content (AvgIpc) is 3.08. The number of fused-ring (bicyclic) bond motifs is 1. The standard InChI is InChI=1S/C22H21N3O/c1-15-10-11-18(16(2)14-15)24-22(26)19-7-5-9-21(23-19)25-13-12-17-6-3-4-8-20(17)25/h3-11,14H,12-13H2,1-2H3,(H,24,26). The molecule has 0 atom stereocenters. The summed E-state index contributed by atoms with van der Waals surface area (Å²) < 4.78 is 0. The van der Waals surface area contributed by atoms with E-state index in [0.29, 0.717) is 5.69 Å². The van der Waals surface area contributed by atoms with E-state index in [-0.39, 0.29) is 5.91 Å². The van der Waals surface area contributed by atoms with Crippen LogP contribution in [0.5, 0.6) is 0 Å². The van der Waals surface area contributed by atoms with E-state index in [1.165, 1.54) is 16.8 Å². The fourth-order valence-electron chi connectivity index (χ4n) is 3.42. The number of amides is 1. The molecule has 1 amide bonds. The normalized spacial score (nSPS) is 12.8. The number of hydrogen-bond acceptors (Lipinski definition) is 3. The van der Waals surface area contributed by atoms with E-state index in [0.717, 1.165) is 30.0 Å². The molecule has 0 bridgehead atoms. The van der Waals surface area contributed by atoms with Crippen molar-refractivity contribution < 1.29 is 4.79 Å². The number of carbonyl (C=O) groups is 1. The van der Waals surface area contributed by atoms with Gasteiger partial charge in [0.2, 0.25) is 0 Å². The zero-order valence-corrected chi connectivity index (χ0v) is 15.0. The molecule has 4 rings (SSSR count). The van der Waals surface area contributed by atoms with E-state index in [1.54, 1.807) is 6.07 Å². The Morgan fingerprint density at radius 1 is 1.04 bits per heavy atom. The highest BCUT2D eigenvalue weighted by Gasteiger charge is 2.21. The lowest BCUT2D eigenvalue weighted by Gasteiger charge is -2.19. The van der Waals surface area contributed by atoms with Gasteiger partial charge < -0.3 is 10.2 Å². The summed E-state index contributed by atoms with van der Waals surface area (Å²) in [6.07, 6.45) is 0.997. The number of rotatable bonds is 3. The molecule has 0 fully saturated rings. The van der Waals surface area contributed by atoms with Crippen molar-refractivity contribution in [2.45, 2.75) is 20.3 Å². The fourth-order valence-corrected chi connectivity index (χ4v) is 3.42. The molecule has 2 heterocycles. The molecule has 130 valence electrons. The highest BCUT2D eigenvalue weighted by atomic mass is 16.1. The summed E-state index contributed by atoms with van der Waals surface area (Å²) in [5, 5.41) is 2.97. The second-order valence-electron chi connectivity index (χ2n) is 6.68. The molecule has 0 radical (unpaired) electrons. The van der Waals surface area contributed by atoms with Gasteiger partial charge in [-0.2, -0.15) is 0 Å². The van der Waals surface area contributed by atoms with Gasteiger partial charge in [0.1, 0.15) is 11.5 Å². The van der Waals surface area contributed by atoms with Gasteiger partial charge in [0.05, 0.1) is 0 Å². The minimum Gasteiger partial charge on any atom is -0.326 e. The van der Waals surface area contributed by atoms with E-state index >= 15 is 0 Å². The van der Waals surface area contributed by atoms with Crippen LogP contribution in [-0.4, -0.2) is 17.4 Å². The minimum absolute atomic E-state index is 0.189. The zero-order chi connectivity index (χ0) is 18.1. The first kappa shape index (κ1) is 16.3. The monoisotopic (exact) mass is 343 g/mol. The Morgan fingerprint density at radius 2 is 1.88 bits per heavy atom. The van der Waals surface area contributed by atoms with Gasteiger partial charge in [-0.1, -0.05) is 42.0 Å². The average molecular weight is 343 g/mol. The van der Waals surface area contributed by atoms with Crippen LogP contribution >= 0.6 is 0 Å². The van der Waals surface area contributed by atoms with Crippen LogP contribution in [0.2, 0.25) is 0 Å². The molecule has 1 aliphatic heterocycles. The van der Waals surface area contributed by atoms with Gasteiger partial charge >= 0.3 is 0 Å². The van der Waals surface area contributed by atoms with Crippen molar-refractivity contribution in [3.8, 4) is 0 Å². The number of carbonyl (C=O) groups excluding carboxylic acids is 1. The maximum atomic E-state index is 12.7. The summed E-state index contributed by atoms with van der Waals surface area (Å²) in [6, 6.07) is 19.9. The van der Waals surface area contributed by atoms with Gasteiger partial charge in [-0.3, -0.25) is 4.79 Å². The van der Waals surface area contributed by atoms with E-state index < -0.39 is 0 Å². The van der Waals surface area contributed by atoms with Gasteiger partial charge in [-0.15, -0.1) is 0 Å². The van der Waals surface area contributed by atoms with E-state index in [9.17, 15) is 4.79 Å². The number of pyridine rings is 1. The van der Waals surface area contributed by atoms with E-state index in [2.05, 4.69) is 39.5 Å². The predicted molar refractivity (Wildman–Crippen MR) is 105 cm³/mol. The summed E-state index contributed by atoms with van der Waals surface area (Å²) in [7, 11) is 0. The molecule has 1 N–H and O–H groups in total. The van der Waals surface area contributed by atoms with Crippen LogP contribution in [0.1, 0.15) is 27.2 Å². The Bertz CT molecular complexity index is 981. The Kier molecular flexibility index (Phi) is 4.17. The van der Waals surface area contributed by atoms with Gasteiger partial charge in [0, 0.05) is 17.9 Å². The first-order valence-corrected chi connectivity index (χ1v) is 8.83. The van der Waals surface area contributed by atoms with Gasteiger partial charge in [0.25, 0.3) is 5.91 Å². The largest absolute Gasteiger partial charge is 0.326 e. The smallest absolute Gasteiger partial charge is 0.274 e. The lowest BCUT2D eigenvalue weighted by Crippen LogP contribution is -2.19. The number of para-hydroxylation sites is 1. The van der Waals surface area contributed by atoms with E-state index in [1.807, 2.05) is 44.2 Å². The highest BCUT2D eigenvalue weighted by Crippen LogP contribution is 2.33. The number of nitrogens with zero attached hydrogens (tertiary/aromatic N) is 2. The summed E-state index contributed by atoms with van der Waals surface area (Å²) >= 11 is 0. The lowest BCUT2D eigenvalue weighted by molar-refractivity contribution is 0.102. The Morgan fingerprint density at radius 3 is 2.73 bits per heavy atom. The molecule has 0 unspecified atom stereocenters. The first-order chi connectivity index (χ1) is 12.6. The van der Waals surface area contributed by atoms with Crippen LogP contribution in [-0.2, 0) is 6.42 Å². The number of nitrogens with one attached hydrogen (secondary N) is 1. The van der Waals surface area contributed by atoms with E-state index in [4.69, 9.17) is 0 Å². The molecule has 0 aliphatic carbocycles. The molecular weight excluding hydrogens is 322 g/mol. The Balaban J connectivity index is 1.59. The third-order valence-electron chi connectivity index (χ3n) is 4.76. The van der Waals surface area contributed by atoms with Crippen molar-refractivity contribution >= 4 is 23.1 Å². The van der Waals surface area contributed by atoms with Crippen LogP contribution < -0.4 is 10.2 Å². The maximum absolute atomic E-state index is 12.7. The molecule has 1 aromatic heterocycles. The molecule has 0 spiro atoms. The third kappa shape index (κ3) is 3.06. The second-order valence-corrected chi connectivity index (χ2v) is 6.68. The quantitative estimate of drug-likeness (QED) is 0.753. The van der Waals surface area contributed by atoms with Crippen LogP contribution in [0.25, 0.3) is 0 Å². The van der Waals surface area contributed by atoms with Crippen LogP contribution in [0.4, 0.5) is 17.2 Å². The van der Waals surface area contributed by atoms with Crippen molar-refractivity contribution in [3.05, 3.63) is 83.0 Å².